The molecule has 2 aliphatic heterocycles. The number of rotatable bonds is 4. The molecule has 0 saturated carbocycles. The molecule has 2 rings (SSSR count). The predicted molar refractivity (Wildman–Crippen MR) is 68.7 cm³/mol. The molecular weight excluding hydrogens is 232 g/mol. The Balaban J connectivity index is 1.72. The maximum absolute atomic E-state index is 10.4. The lowest BCUT2D eigenvalue weighted by molar-refractivity contribution is -0.145. The fourth-order valence-corrected chi connectivity index (χ4v) is 3.02. The molecule has 1 N–H and O–H groups in total. The number of piperidine rings is 1. The van der Waals surface area contributed by atoms with Gasteiger partial charge in [0.1, 0.15) is 6.61 Å². The van der Waals surface area contributed by atoms with E-state index >= 15 is 0 Å². The molecule has 0 bridgehead atoms. The van der Waals surface area contributed by atoms with Gasteiger partial charge in [-0.25, -0.2) is 4.79 Å². The molecule has 0 aromatic rings. The number of likely N-dealkylation sites (tertiary alicyclic amines) is 2. The van der Waals surface area contributed by atoms with E-state index in [2.05, 4.69) is 23.8 Å². The highest BCUT2D eigenvalue weighted by Crippen LogP contribution is 2.24. The van der Waals surface area contributed by atoms with E-state index in [4.69, 9.17) is 9.84 Å². The van der Waals surface area contributed by atoms with Crippen LogP contribution >= 0.6 is 0 Å². The SMILES string of the molecule is CC1CC(N2CCC(OCC(=O)O)CC2)CN1C. The van der Waals surface area contributed by atoms with Crippen molar-refractivity contribution < 1.29 is 14.6 Å². The Morgan fingerprint density at radius 1 is 1.39 bits per heavy atom. The van der Waals surface area contributed by atoms with Crippen molar-refractivity contribution in [2.45, 2.75) is 44.4 Å². The second-order valence-electron chi connectivity index (χ2n) is 5.62. The smallest absolute Gasteiger partial charge is 0.329 e. The summed E-state index contributed by atoms with van der Waals surface area (Å²) in [6.07, 6.45) is 3.30. The zero-order valence-corrected chi connectivity index (χ0v) is 11.3. The fourth-order valence-electron chi connectivity index (χ4n) is 3.02. The van der Waals surface area contributed by atoms with Crippen molar-refractivity contribution in [1.29, 1.82) is 0 Å². The number of aliphatic carboxylic acids is 1. The second kappa shape index (κ2) is 5.99. The molecule has 2 saturated heterocycles. The predicted octanol–water partition coefficient (Wildman–Crippen LogP) is 0.645. The molecule has 18 heavy (non-hydrogen) atoms. The Labute approximate surface area is 109 Å². The number of carboxylic acid groups (broad SMARTS) is 1. The summed E-state index contributed by atoms with van der Waals surface area (Å²) in [6, 6.07) is 1.35. The highest BCUT2D eigenvalue weighted by atomic mass is 16.5. The summed E-state index contributed by atoms with van der Waals surface area (Å²) < 4.78 is 5.36. The zero-order valence-electron chi connectivity index (χ0n) is 11.3. The largest absolute Gasteiger partial charge is 0.480 e. The van der Waals surface area contributed by atoms with Gasteiger partial charge in [0, 0.05) is 31.7 Å². The van der Waals surface area contributed by atoms with E-state index < -0.39 is 5.97 Å². The van der Waals surface area contributed by atoms with Gasteiger partial charge in [-0.3, -0.25) is 4.90 Å². The molecule has 0 aromatic carbocycles. The van der Waals surface area contributed by atoms with E-state index in [0.717, 1.165) is 32.5 Å². The van der Waals surface area contributed by atoms with Gasteiger partial charge in [-0.1, -0.05) is 0 Å². The number of hydrogen-bond acceptors (Lipinski definition) is 4. The third-order valence-corrected chi connectivity index (χ3v) is 4.30. The molecule has 2 aliphatic rings. The molecular formula is C13H24N2O3. The van der Waals surface area contributed by atoms with Crippen molar-refractivity contribution >= 4 is 5.97 Å². The van der Waals surface area contributed by atoms with Crippen molar-refractivity contribution in [1.82, 2.24) is 9.80 Å². The maximum atomic E-state index is 10.4. The van der Waals surface area contributed by atoms with Crippen LogP contribution in [0.15, 0.2) is 0 Å². The third-order valence-electron chi connectivity index (χ3n) is 4.30. The molecule has 0 aliphatic carbocycles. The lowest BCUT2D eigenvalue weighted by atomic mass is 10.0. The van der Waals surface area contributed by atoms with Crippen LogP contribution < -0.4 is 0 Å². The number of hydrogen-bond donors (Lipinski definition) is 1. The molecule has 0 spiro atoms. The van der Waals surface area contributed by atoms with Crippen LogP contribution in [0.5, 0.6) is 0 Å². The van der Waals surface area contributed by atoms with Gasteiger partial charge in [-0.2, -0.15) is 0 Å². The molecule has 0 radical (unpaired) electrons. The van der Waals surface area contributed by atoms with Gasteiger partial charge in [0.2, 0.25) is 0 Å². The van der Waals surface area contributed by atoms with E-state index in [1.165, 1.54) is 6.42 Å². The Morgan fingerprint density at radius 3 is 2.56 bits per heavy atom. The first-order valence-corrected chi connectivity index (χ1v) is 6.84. The minimum absolute atomic E-state index is 0.133. The highest BCUT2D eigenvalue weighted by Gasteiger charge is 2.32. The van der Waals surface area contributed by atoms with E-state index in [0.29, 0.717) is 12.1 Å². The third kappa shape index (κ3) is 3.43. The van der Waals surface area contributed by atoms with Crippen LogP contribution in [0, 0.1) is 0 Å². The normalized spacial score (nSPS) is 31.9. The number of carbonyl (C=O) groups is 1. The van der Waals surface area contributed by atoms with Gasteiger partial charge in [0.25, 0.3) is 0 Å². The number of likely N-dealkylation sites (N-methyl/N-ethyl adjacent to an activating group) is 1. The molecule has 5 heteroatoms. The summed E-state index contributed by atoms with van der Waals surface area (Å²) in [5.41, 5.74) is 0. The highest BCUT2D eigenvalue weighted by molar-refractivity contribution is 5.68. The molecule has 104 valence electrons. The Morgan fingerprint density at radius 2 is 2.06 bits per heavy atom. The average Bonchev–Trinajstić information content (AvgIpc) is 2.68. The van der Waals surface area contributed by atoms with Crippen LogP contribution in [-0.2, 0) is 9.53 Å². The van der Waals surface area contributed by atoms with Crippen molar-refractivity contribution in [2.75, 3.05) is 33.3 Å². The van der Waals surface area contributed by atoms with Crippen molar-refractivity contribution in [2.24, 2.45) is 0 Å². The zero-order chi connectivity index (χ0) is 13.1. The van der Waals surface area contributed by atoms with Crippen molar-refractivity contribution in [3.63, 3.8) is 0 Å². The van der Waals surface area contributed by atoms with Gasteiger partial charge in [0.05, 0.1) is 6.10 Å². The number of ether oxygens (including phenoxy) is 1. The standard InChI is InChI=1S/C13H24N2O3/c1-10-7-11(8-14(10)2)15-5-3-12(4-6-15)18-9-13(16)17/h10-12H,3-9H2,1-2H3,(H,16,17). The molecule has 2 atom stereocenters. The van der Waals surface area contributed by atoms with Crippen LogP contribution in [0.25, 0.3) is 0 Å². The second-order valence-corrected chi connectivity index (χ2v) is 5.62. The lowest BCUT2D eigenvalue weighted by Crippen LogP contribution is -2.44. The Kier molecular flexibility index (Phi) is 4.59. The van der Waals surface area contributed by atoms with Crippen LogP contribution in [-0.4, -0.2) is 72.4 Å². The summed E-state index contributed by atoms with van der Waals surface area (Å²) >= 11 is 0. The minimum atomic E-state index is -0.872. The first kappa shape index (κ1) is 13.8. The summed E-state index contributed by atoms with van der Waals surface area (Å²) in [4.78, 5) is 15.4. The molecule has 5 nitrogen and oxygen atoms in total. The Hall–Kier alpha value is -0.650. The average molecular weight is 256 g/mol. The van der Waals surface area contributed by atoms with Gasteiger partial charge in [-0.05, 0) is 33.2 Å². The van der Waals surface area contributed by atoms with Crippen molar-refractivity contribution in [3.8, 4) is 0 Å². The summed E-state index contributed by atoms with van der Waals surface area (Å²) in [5.74, 6) is -0.872. The minimum Gasteiger partial charge on any atom is -0.480 e. The van der Waals surface area contributed by atoms with Gasteiger partial charge >= 0.3 is 5.97 Å². The van der Waals surface area contributed by atoms with Crippen LogP contribution in [0.2, 0.25) is 0 Å². The summed E-state index contributed by atoms with van der Waals surface area (Å²) in [7, 11) is 2.19. The topological polar surface area (TPSA) is 53.0 Å². The fraction of sp³-hybridized carbons (Fsp3) is 0.923. The van der Waals surface area contributed by atoms with Gasteiger partial charge < -0.3 is 14.7 Å². The Bertz CT molecular complexity index is 280. The quantitative estimate of drug-likeness (QED) is 0.800. The first-order chi connectivity index (χ1) is 8.56. The summed E-state index contributed by atoms with van der Waals surface area (Å²) in [5, 5.41) is 8.59. The van der Waals surface area contributed by atoms with E-state index in [1.54, 1.807) is 0 Å². The van der Waals surface area contributed by atoms with Gasteiger partial charge in [-0.15, -0.1) is 0 Å². The van der Waals surface area contributed by atoms with E-state index in [-0.39, 0.29) is 12.7 Å². The van der Waals surface area contributed by atoms with Crippen LogP contribution in [0.3, 0.4) is 0 Å². The van der Waals surface area contributed by atoms with E-state index in [9.17, 15) is 4.79 Å². The molecule has 0 amide bonds. The first-order valence-electron chi connectivity index (χ1n) is 6.84. The molecule has 2 unspecified atom stereocenters. The monoisotopic (exact) mass is 256 g/mol. The molecule has 2 fully saturated rings. The number of nitrogens with zero attached hydrogens (tertiary/aromatic N) is 2. The van der Waals surface area contributed by atoms with Crippen molar-refractivity contribution in [3.05, 3.63) is 0 Å². The summed E-state index contributed by atoms with van der Waals surface area (Å²) in [6.45, 7) is 5.35. The van der Waals surface area contributed by atoms with Gasteiger partial charge in [0.15, 0.2) is 0 Å². The maximum Gasteiger partial charge on any atom is 0.329 e. The van der Waals surface area contributed by atoms with Crippen LogP contribution in [0.1, 0.15) is 26.2 Å². The molecule has 0 aromatic heterocycles. The number of carboxylic acids is 1. The van der Waals surface area contributed by atoms with E-state index in [1.807, 2.05) is 0 Å². The lowest BCUT2D eigenvalue weighted by Gasteiger charge is -2.35. The molecule has 2 heterocycles. The van der Waals surface area contributed by atoms with Crippen LogP contribution in [0.4, 0.5) is 0 Å².